The average molecular weight is 380 g/mol. The lowest BCUT2D eigenvalue weighted by Crippen LogP contribution is -2.43. The van der Waals surface area contributed by atoms with E-state index in [1.807, 2.05) is 50.2 Å². The van der Waals surface area contributed by atoms with Crippen molar-refractivity contribution in [1.29, 1.82) is 0 Å². The number of carbonyl (C=O) groups excluding carboxylic acids is 1. The highest BCUT2D eigenvalue weighted by atomic mass is 16.5. The monoisotopic (exact) mass is 379 g/mol. The third kappa shape index (κ3) is 3.47. The number of nitrogens with one attached hydrogen (secondary N) is 1. The van der Waals surface area contributed by atoms with Crippen LogP contribution < -0.4 is 5.32 Å². The normalized spacial score (nSPS) is 24.2. The van der Waals surface area contributed by atoms with Crippen LogP contribution in [-0.2, 0) is 15.1 Å². The second-order valence-electron chi connectivity index (χ2n) is 8.47. The summed E-state index contributed by atoms with van der Waals surface area (Å²) < 4.78 is 5.80. The molecule has 1 aliphatic heterocycles. The molecule has 2 unspecified atom stereocenters. The van der Waals surface area contributed by atoms with Crippen LogP contribution in [0.4, 0.5) is 0 Å². The third-order valence-electron chi connectivity index (χ3n) is 6.51. The van der Waals surface area contributed by atoms with Crippen LogP contribution in [0.5, 0.6) is 0 Å². The molecular formula is C24H29NO3. The minimum Gasteiger partial charge on any atom is -0.463 e. The van der Waals surface area contributed by atoms with Gasteiger partial charge in [0.1, 0.15) is 0 Å². The van der Waals surface area contributed by atoms with Crippen LogP contribution in [0.2, 0.25) is 0 Å². The third-order valence-corrected chi connectivity index (χ3v) is 6.51. The highest BCUT2D eigenvalue weighted by molar-refractivity contribution is 5.85. The summed E-state index contributed by atoms with van der Waals surface area (Å²) in [5.41, 5.74) is 1.29. The van der Waals surface area contributed by atoms with E-state index < -0.39 is 11.6 Å². The number of carbonyl (C=O) groups is 1. The molecule has 4 nitrogen and oxygen atoms in total. The van der Waals surface area contributed by atoms with Gasteiger partial charge in [0, 0.05) is 5.92 Å². The maximum absolute atomic E-state index is 13.3. The van der Waals surface area contributed by atoms with Gasteiger partial charge in [-0.3, -0.25) is 0 Å². The molecular weight excluding hydrogens is 350 g/mol. The Morgan fingerprint density at radius 3 is 2.07 bits per heavy atom. The Hall–Kier alpha value is -2.17. The van der Waals surface area contributed by atoms with Crippen molar-refractivity contribution < 1.29 is 14.6 Å². The molecule has 2 atom stereocenters. The Labute approximate surface area is 166 Å². The lowest BCUT2D eigenvalue weighted by Gasteiger charge is -2.32. The SMILES string of the molecule is Cc1cccc(C(O)(C(=O)OCC2C3CCC2CNC3)c2cccc(C)c2)c1. The first-order valence-electron chi connectivity index (χ1n) is 10.2. The molecule has 28 heavy (non-hydrogen) atoms. The number of rotatable bonds is 5. The summed E-state index contributed by atoms with van der Waals surface area (Å²) in [6.45, 7) is 6.30. The van der Waals surface area contributed by atoms with Gasteiger partial charge in [0.15, 0.2) is 0 Å². The largest absolute Gasteiger partial charge is 0.463 e. The van der Waals surface area contributed by atoms with Gasteiger partial charge in [-0.2, -0.15) is 0 Å². The number of piperidine rings is 1. The van der Waals surface area contributed by atoms with Gasteiger partial charge in [0.2, 0.25) is 5.60 Å². The number of hydrogen-bond acceptors (Lipinski definition) is 4. The van der Waals surface area contributed by atoms with Crippen LogP contribution >= 0.6 is 0 Å². The van der Waals surface area contributed by atoms with E-state index in [4.69, 9.17) is 4.74 Å². The van der Waals surface area contributed by atoms with Crippen molar-refractivity contribution in [2.24, 2.45) is 17.8 Å². The number of ether oxygens (including phenoxy) is 1. The molecule has 2 bridgehead atoms. The molecule has 0 aromatic heterocycles. The molecule has 1 aliphatic carbocycles. The molecule has 2 aromatic rings. The first kappa shape index (κ1) is 19.2. The number of aliphatic hydroxyl groups is 1. The zero-order valence-electron chi connectivity index (χ0n) is 16.7. The lowest BCUT2D eigenvalue weighted by atomic mass is 9.84. The molecule has 148 valence electrons. The molecule has 2 fully saturated rings. The second-order valence-corrected chi connectivity index (χ2v) is 8.47. The van der Waals surface area contributed by atoms with Crippen molar-refractivity contribution in [1.82, 2.24) is 5.32 Å². The second kappa shape index (κ2) is 7.69. The van der Waals surface area contributed by atoms with Gasteiger partial charge in [0.05, 0.1) is 6.61 Å². The molecule has 4 heteroatoms. The summed E-state index contributed by atoms with van der Waals surface area (Å²) in [7, 11) is 0. The number of esters is 1. The first-order chi connectivity index (χ1) is 13.5. The van der Waals surface area contributed by atoms with Crippen LogP contribution in [0.3, 0.4) is 0 Å². The Morgan fingerprint density at radius 2 is 1.57 bits per heavy atom. The Kier molecular flexibility index (Phi) is 5.26. The summed E-state index contributed by atoms with van der Waals surface area (Å²) in [5.74, 6) is 0.946. The number of aryl methyl sites for hydroxylation is 2. The van der Waals surface area contributed by atoms with Crippen molar-refractivity contribution in [3.8, 4) is 0 Å². The molecule has 2 aromatic carbocycles. The maximum Gasteiger partial charge on any atom is 0.347 e. The van der Waals surface area contributed by atoms with Crippen LogP contribution in [0.1, 0.15) is 35.1 Å². The first-order valence-corrected chi connectivity index (χ1v) is 10.2. The summed E-state index contributed by atoms with van der Waals surface area (Å²) in [4.78, 5) is 13.3. The molecule has 2 N–H and O–H groups in total. The smallest absolute Gasteiger partial charge is 0.347 e. The maximum atomic E-state index is 13.3. The minimum absolute atomic E-state index is 0.385. The molecule has 2 aliphatic rings. The lowest BCUT2D eigenvalue weighted by molar-refractivity contribution is -0.164. The fraction of sp³-hybridized carbons (Fsp3) is 0.458. The highest BCUT2D eigenvalue weighted by Gasteiger charge is 2.44. The van der Waals surface area contributed by atoms with Crippen LogP contribution in [0.25, 0.3) is 0 Å². The molecule has 0 radical (unpaired) electrons. The van der Waals surface area contributed by atoms with Crippen molar-refractivity contribution in [3.05, 3.63) is 70.8 Å². The van der Waals surface area contributed by atoms with Gasteiger partial charge in [-0.05, 0) is 62.7 Å². The van der Waals surface area contributed by atoms with Crippen LogP contribution in [-0.4, -0.2) is 30.8 Å². The topological polar surface area (TPSA) is 58.6 Å². The molecule has 0 spiro atoms. The van der Waals surface area contributed by atoms with E-state index in [2.05, 4.69) is 5.32 Å². The Balaban J connectivity index is 1.62. The van der Waals surface area contributed by atoms with Gasteiger partial charge in [-0.1, -0.05) is 59.7 Å². The van der Waals surface area contributed by atoms with E-state index in [1.165, 1.54) is 12.8 Å². The fourth-order valence-corrected chi connectivity index (χ4v) is 4.89. The number of hydrogen-bond donors (Lipinski definition) is 2. The van der Waals surface area contributed by atoms with E-state index in [9.17, 15) is 9.90 Å². The summed E-state index contributed by atoms with van der Waals surface area (Å²) in [5, 5.41) is 15.1. The predicted molar refractivity (Wildman–Crippen MR) is 109 cm³/mol. The minimum atomic E-state index is -1.80. The van der Waals surface area contributed by atoms with Crippen molar-refractivity contribution >= 4 is 5.97 Å². The average Bonchev–Trinajstić information content (AvgIpc) is 2.91. The number of fused-ring (bicyclic) bond motifs is 2. The van der Waals surface area contributed by atoms with E-state index >= 15 is 0 Å². The van der Waals surface area contributed by atoms with Gasteiger partial charge in [0.25, 0.3) is 0 Å². The van der Waals surface area contributed by atoms with Gasteiger partial charge < -0.3 is 15.2 Å². The summed E-state index contributed by atoms with van der Waals surface area (Å²) >= 11 is 0. The van der Waals surface area contributed by atoms with Crippen molar-refractivity contribution in [3.63, 3.8) is 0 Å². The van der Waals surface area contributed by atoms with Crippen LogP contribution in [0, 0.1) is 31.6 Å². The Morgan fingerprint density at radius 1 is 1.04 bits per heavy atom. The Bertz CT molecular complexity index is 801. The van der Waals surface area contributed by atoms with Crippen molar-refractivity contribution in [2.75, 3.05) is 19.7 Å². The quantitative estimate of drug-likeness (QED) is 0.783. The van der Waals surface area contributed by atoms with Gasteiger partial charge in [-0.15, -0.1) is 0 Å². The van der Waals surface area contributed by atoms with E-state index in [1.54, 1.807) is 12.1 Å². The molecule has 0 amide bonds. The molecule has 1 heterocycles. The standard InChI is InChI=1S/C24H29NO3/c1-16-5-3-7-20(11-16)24(27,21-8-4-6-17(2)12-21)23(26)28-15-22-18-9-10-19(22)14-25-13-18/h3-8,11-12,18-19,22,25,27H,9-10,13-15H2,1-2H3. The van der Waals surface area contributed by atoms with Crippen LogP contribution in [0.15, 0.2) is 48.5 Å². The molecule has 1 saturated heterocycles. The van der Waals surface area contributed by atoms with E-state index in [0.717, 1.165) is 24.2 Å². The predicted octanol–water partition coefficient (Wildman–Crippen LogP) is 3.33. The zero-order valence-corrected chi connectivity index (χ0v) is 16.7. The zero-order chi connectivity index (χ0) is 19.7. The number of benzene rings is 2. The van der Waals surface area contributed by atoms with E-state index in [0.29, 0.717) is 35.5 Å². The molecule has 4 rings (SSSR count). The van der Waals surface area contributed by atoms with Crippen molar-refractivity contribution in [2.45, 2.75) is 32.3 Å². The fourth-order valence-electron chi connectivity index (χ4n) is 4.89. The van der Waals surface area contributed by atoms with Gasteiger partial charge >= 0.3 is 5.97 Å². The summed E-state index contributed by atoms with van der Waals surface area (Å²) in [6, 6.07) is 15.0. The highest BCUT2D eigenvalue weighted by Crippen LogP contribution is 2.40. The summed E-state index contributed by atoms with van der Waals surface area (Å²) in [6.07, 6.45) is 2.39. The molecule has 1 saturated carbocycles. The van der Waals surface area contributed by atoms with E-state index in [-0.39, 0.29) is 0 Å². The van der Waals surface area contributed by atoms with Gasteiger partial charge in [-0.25, -0.2) is 4.79 Å².